The molecule has 3 N–H and O–H groups in total. The molecule has 0 aromatic carbocycles. The number of nitrogens with zero attached hydrogens (tertiary/aromatic N) is 1. The van der Waals surface area contributed by atoms with Crippen LogP contribution in [0.25, 0.3) is 0 Å². The van der Waals surface area contributed by atoms with E-state index in [9.17, 15) is 15.0 Å². The molecule has 2 aliphatic carbocycles. The fraction of sp³-hybridized carbons (Fsp3) is 0.800. The van der Waals surface area contributed by atoms with Gasteiger partial charge in [-0.1, -0.05) is 13.8 Å². The van der Waals surface area contributed by atoms with E-state index >= 15 is 0 Å². The van der Waals surface area contributed by atoms with Gasteiger partial charge in [0.1, 0.15) is 0 Å². The molecule has 0 bridgehead atoms. The van der Waals surface area contributed by atoms with Crippen molar-refractivity contribution in [3.63, 3.8) is 0 Å². The van der Waals surface area contributed by atoms with Crippen LogP contribution in [0.1, 0.15) is 68.5 Å². The van der Waals surface area contributed by atoms with E-state index in [0.29, 0.717) is 12.8 Å². The molecular formula is C20H32N2O3S. The number of carbonyl (C=O) groups is 1. The van der Waals surface area contributed by atoms with Gasteiger partial charge in [-0.3, -0.25) is 4.79 Å². The summed E-state index contributed by atoms with van der Waals surface area (Å²) in [5.74, 6) is 0.214. The van der Waals surface area contributed by atoms with E-state index in [-0.39, 0.29) is 35.8 Å². The fourth-order valence-corrected chi connectivity index (χ4v) is 6.38. The Bertz CT molecular complexity index is 689. The van der Waals surface area contributed by atoms with Crippen LogP contribution in [-0.2, 0) is 11.2 Å². The van der Waals surface area contributed by atoms with E-state index < -0.39 is 11.5 Å². The zero-order valence-electron chi connectivity index (χ0n) is 16.5. The van der Waals surface area contributed by atoms with Crippen LogP contribution in [0.15, 0.2) is 0 Å². The minimum absolute atomic E-state index is 0.0262. The number of thiazole rings is 1. The van der Waals surface area contributed by atoms with Gasteiger partial charge in [0.15, 0.2) is 0 Å². The molecular weight excluding hydrogens is 348 g/mol. The maximum absolute atomic E-state index is 12.6. The van der Waals surface area contributed by atoms with Crippen LogP contribution in [0.4, 0.5) is 0 Å². The molecule has 146 valence electrons. The third-order valence-electron chi connectivity index (χ3n) is 6.84. The second-order valence-corrected chi connectivity index (χ2v) is 10.3. The van der Waals surface area contributed by atoms with Crippen LogP contribution < -0.4 is 5.32 Å². The number of aliphatic hydroxyl groups is 2. The Kier molecular flexibility index (Phi) is 5.23. The molecule has 1 aromatic heterocycles. The van der Waals surface area contributed by atoms with E-state index in [1.165, 1.54) is 4.88 Å². The predicted molar refractivity (Wildman–Crippen MR) is 103 cm³/mol. The Morgan fingerprint density at radius 1 is 1.42 bits per heavy atom. The monoisotopic (exact) mass is 380 g/mol. The number of aliphatic hydroxyl groups excluding tert-OH is 2. The third-order valence-corrected chi connectivity index (χ3v) is 7.85. The Hall–Kier alpha value is -0.980. The molecule has 26 heavy (non-hydrogen) atoms. The number of carbonyl (C=O) groups excluding carboxylic acids is 1. The maximum atomic E-state index is 12.6. The number of nitrogens with one attached hydrogen (secondary N) is 1. The molecule has 3 rings (SSSR count). The van der Waals surface area contributed by atoms with Crippen molar-refractivity contribution in [1.82, 2.24) is 10.3 Å². The summed E-state index contributed by atoms with van der Waals surface area (Å²) < 4.78 is 0. The number of hydrogen-bond acceptors (Lipinski definition) is 5. The molecule has 1 saturated carbocycles. The Labute approximate surface area is 160 Å². The normalized spacial score (nSPS) is 36.5. The van der Waals surface area contributed by atoms with Gasteiger partial charge in [0.05, 0.1) is 23.4 Å². The van der Waals surface area contributed by atoms with E-state index in [1.54, 1.807) is 11.3 Å². The average molecular weight is 381 g/mol. The van der Waals surface area contributed by atoms with Gasteiger partial charge in [-0.2, -0.15) is 0 Å². The van der Waals surface area contributed by atoms with Gasteiger partial charge in [0.25, 0.3) is 0 Å². The Morgan fingerprint density at radius 3 is 2.73 bits per heavy atom. The lowest BCUT2D eigenvalue weighted by molar-refractivity contribution is -0.144. The third kappa shape index (κ3) is 3.10. The first kappa shape index (κ1) is 19.8. The van der Waals surface area contributed by atoms with E-state index in [4.69, 9.17) is 4.98 Å². The molecule has 1 fully saturated rings. The standard InChI is InChI=1S/C20H32N2O3S/c1-11(2)21-17(25)8-13-18-14(26-12(3)22-18)9-15-19(13,4)7-6-16(24)20(15,5)10-23/h11,13,15-16,23-24H,6-10H2,1-5H3,(H,21,25)/t13-,15+,16-,19+,20+/m1/s1. The van der Waals surface area contributed by atoms with Crippen LogP contribution in [0.3, 0.4) is 0 Å². The average Bonchev–Trinajstić information content (AvgIpc) is 2.93. The van der Waals surface area contributed by atoms with Crippen LogP contribution in [0.2, 0.25) is 0 Å². The molecule has 5 atom stereocenters. The van der Waals surface area contributed by atoms with Crippen molar-refractivity contribution in [1.29, 1.82) is 0 Å². The first-order valence-corrected chi connectivity index (χ1v) is 10.5. The molecule has 5 nitrogen and oxygen atoms in total. The lowest BCUT2D eigenvalue weighted by Crippen LogP contribution is -2.57. The Morgan fingerprint density at radius 2 is 2.12 bits per heavy atom. The van der Waals surface area contributed by atoms with E-state index in [2.05, 4.69) is 12.2 Å². The minimum atomic E-state index is -0.546. The van der Waals surface area contributed by atoms with Crippen LogP contribution in [0.5, 0.6) is 0 Å². The van der Waals surface area contributed by atoms with Gasteiger partial charge < -0.3 is 15.5 Å². The highest BCUT2D eigenvalue weighted by Crippen LogP contribution is 2.62. The number of rotatable bonds is 4. The highest BCUT2D eigenvalue weighted by atomic mass is 32.1. The number of aryl methyl sites for hydroxylation is 1. The predicted octanol–water partition coefficient (Wildman–Crippen LogP) is 2.78. The topological polar surface area (TPSA) is 82.5 Å². The smallest absolute Gasteiger partial charge is 0.220 e. The molecule has 1 aromatic rings. The maximum Gasteiger partial charge on any atom is 0.220 e. The molecule has 0 radical (unpaired) electrons. The van der Waals surface area contributed by atoms with Crippen molar-refractivity contribution in [3.8, 4) is 0 Å². The summed E-state index contributed by atoms with van der Waals surface area (Å²) in [7, 11) is 0. The van der Waals surface area contributed by atoms with Crippen molar-refractivity contribution >= 4 is 17.2 Å². The highest BCUT2D eigenvalue weighted by Gasteiger charge is 2.59. The van der Waals surface area contributed by atoms with E-state index in [1.807, 2.05) is 27.7 Å². The van der Waals surface area contributed by atoms with Gasteiger partial charge in [0.2, 0.25) is 5.91 Å². The number of aromatic nitrogens is 1. The summed E-state index contributed by atoms with van der Waals surface area (Å²) in [6.07, 6.45) is 2.24. The second-order valence-electron chi connectivity index (χ2n) is 9.00. The molecule has 6 heteroatoms. The van der Waals surface area contributed by atoms with Crippen molar-refractivity contribution in [2.45, 2.75) is 78.4 Å². The summed E-state index contributed by atoms with van der Waals surface area (Å²) in [5, 5.41) is 24.9. The highest BCUT2D eigenvalue weighted by molar-refractivity contribution is 7.11. The largest absolute Gasteiger partial charge is 0.396 e. The molecule has 0 saturated heterocycles. The van der Waals surface area contributed by atoms with Crippen LogP contribution in [0, 0.1) is 23.7 Å². The lowest BCUT2D eigenvalue weighted by atomic mass is 9.47. The molecule has 2 aliphatic rings. The fourth-order valence-electron chi connectivity index (χ4n) is 5.33. The summed E-state index contributed by atoms with van der Waals surface area (Å²) >= 11 is 1.70. The second kappa shape index (κ2) is 6.88. The first-order valence-electron chi connectivity index (χ1n) is 9.66. The number of fused-ring (bicyclic) bond motifs is 2. The summed E-state index contributed by atoms with van der Waals surface area (Å²) in [6.45, 7) is 10.2. The van der Waals surface area contributed by atoms with Gasteiger partial charge in [-0.15, -0.1) is 11.3 Å². The molecule has 0 aliphatic heterocycles. The van der Waals surface area contributed by atoms with Crippen molar-refractivity contribution < 1.29 is 15.0 Å². The molecule has 1 amide bonds. The zero-order chi connectivity index (χ0) is 19.3. The summed E-state index contributed by atoms with van der Waals surface area (Å²) in [4.78, 5) is 18.6. The van der Waals surface area contributed by atoms with Gasteiger partial charge in [0, 0.05) is 28.7 Å². The zero-order valence-corrected chi connectivity index (χ0v) is 17.3. The first-order chi connectivity index (χ1) is 12.1. The Balaban J connectivity index is 2.04. The van der Waals surface area contributed by atoms with Crippen LogP contribution >= 0.6 is 11.3 Å². The minimum Gasteiger partial charge on any atom is -0.396 e. The van der Waals surface area contributed by atoms with E-state index in [0.717, 1.165) is 23.5 Å². The lowest BCUT2D eigenvalue weighted by Gasteiger charge is -2.58. The molecule has 0 spiro atoms. The van der Waals surface area contributed by atoms with Gasteiger partial charge in [-0.05, 0) is 51.4 Å². The van der Waals surface area contributed by atoms with Gasteiger partial charge in [-0.25, -0.2) is 4.98 Å². The SMILES string of the molecule is Cc1nc2c(s1)C[C@@H]1[C@](C)(CO)[C@H](O)CC[C@@]1(C)[C@@H]2CC(=O)NC(C)C. The summed E-state index contributed by atoms with van der Waals surface area (Å²) in [5.41, 5.74) is 0.371. The quantitative estimate of drug-likeness (QED) is 0.750. The van der Waals surface area contributed by atoms with Gasteiger partial charge >= 0.3 is 0 Å². The van der Waals surface area contributed by atoms with Crippen molar-refractivity contribution in [3.05, 3.63) is 15.6 Å². The van der Waals surface area contributed by atoms with Crippen molar-refractivity contribution in [2.24, 2.45) is 16.7 Å². The number of hydrogen-bond donors (Lipinski definition) is 3. The number of amides is 1. The van der Waals surface area contributed by atoms with Crippen LogP contribution in [-0.4, -0.2) is 39.9 Å². The molecule has 0 unspecified atom stereocenters. The molecule has 1 heterocycles. The van der Waals surface area contributed by atoms with Crippen molar-refractivity contribution in [2.75, 3.05) is 6.61 Å². The summed E-state index contributed by atoms with van der Waals surface area (Å²) in [6, 6.07) is 0.113.